The number of hydrogen-bond acceptors (Lipinski definition) is 2. The van der Waals surface area contributed by atoms with Gasteiger partial charge in [0.1, 0.15) is 11.5 Å². The molecule has 3 aromatic carbocycles. The Hall–Kier alpha value is -4.17. The van der Waals surface area contributed by atoms with Crippen LogP contribution >= 0.6 is 11.6 Å². The van der Waals surface area contributed by atoms with Crippen LogP contribution in [-0.4, -0.2) is 15.5 Å². The molecule has 0 aliphatic carbocycles. The summed E-state index contributed by atoms with van der Waals surface area (Å²) < 4.78 is 53.9. The van der Waals surface area contributed by atoms with Crippen LogP contribution in [0.4, 0.5) is 17.6 Å². The van der Waals surface area contributed by atoms with Crippen LogP contribution in [0, 0.1) is 5.82 Å². The Labute approximate surface area is 220 Å². The Bertz CT molecular complexity index is 1630. The first-order chi connectivity index (χ1) is 18.1. The average Bonchev–Trinajstić information content (AvgIpc) is 3.27. The van der Waals surface area contributed by atoms with Crippen LogP contribution < -0.4 is 5.32 Å². The molecule has 5 aromatic rings. The highest BCUT2D eigenvalue weighted by molar-refractivity contribution is 6.33. The molecule has 2 heterocycles. The van der Waals surface area contributed by atoms with Gasteiger partial charge in [0.25, 0.3) is 5.91 Å². The SMILES string of the molecule is CC(NC(=O)c1ccc2c(-c3ccccc3Cl)cn(-c3ccc(F)cc3)c2c1)c1ccc(C(F)(F)F)nc1. The van der Waals surface area contributed by atoms with E-state index in [9.17, 15) is 22.4 Å². The van der Waals surface area contributed by atoms with E-state index in [0.717, 1.165) is 28.8 Å². The number of nitrogens with zero attached hydrogens (tertiary/aromatic N) is 2. The lowest BCUT2D eigenvalue weighted by Crippen LogP contribution is -2.26. The van der Waals surface area contributed by atoms with E-state index in [1.807, 2.05) is 35.0 Å². The molecule has 5 rings (SSSR count). The number of hydrogen-bond donors (Lipinski definition) is 1. The minimum atomic E-state index is -4.54. The maximum Gasteiger partial charge on any atom is 0.433 e. The van der Waals surface area contributed by atoms with E-state index in [1.165, 1.54) is 18.2 Å². The van der Waals surface area contributed by atoms with Crippen LogP contribution in [0.3, 0.4) is 0 Å². The van der Waals surface area contributed by atoms with E-state index in [4.69, 9.17) is 11.6 Å². The van der Waals surface area contributed by atoms with Crippen LogP contribution in [0.1, 0.15) is 34.6 Å². The molecule has 9 heteroatoms. The van der Waals surface area contributed by atoms with Crippen molar-refractivity contribution in [2.75, 3.05) is 0 Å². The molecule has 0 aliphatic rings. The highest BCUT2D eigenvalue weighted by Gasteiger charge is 2.32. The Morgan fingerprint density at radius 2 is 1.71 bits per heavy atom. The molecular weight excluding hydrogens is 518 g/mol. The molecule has 4 nitrogen and oxygen atoms in total. The molecule has 1 atom stereocenters. The van der Waals surface area contributed by atoms with Gasteiger partial charge in [-0.3, -0.25) is 9.78 Å². The van der Waals surface area contributed by atoms with Crippen molar-refractivity contribution < 1.29 is 22.4 Å². The Morgan fingerprint density at radius 1 is 0.974 bits per heavy atom. The van der Waals surface area contributed by atoms with E-state index in [-0.39, 0.29) is 5.82 Å². The number of fused-ring (bicyclic) bond motifs is 1. The van der Waals surface area contributed by atoms with Gasteiger partial charge in [-0.25, -0.2) is 4.39 Å². The Morgan fingerprint density at radius 3 is 2.37 bits per heavy atom. The zero-order chi connectivity index (χ0) is 27.0. The third-order valence-electron chi connectivity index (χ3n) is 6.26. The highest BCUT2D eigenvalue weighted by atomic mass is 35.5. The largest absolute Gasteiger partial charge is 0.433 e. The fourth-order valence-corrected chi connectivity index (χ4v) is 4.51. The number of pyridine rings is 1. The average molecular weight is 538 g/mol. The van der Waals surface area contributed by atoms with Gasteiger partial charge >= 0.3 is 6.18 Å². The Balaban J connectivity index is 1.51. The smallest absolute Gasteiger partial charge is 0.345 e. The van der Waals surface area contributed by atoms with Crippen molar-refractivity contribution in [1.82, 2.24) is 14.9 Å². The van der Waals surface area contributed by atoms with Crippen molar-refractivity contribution in [3.63, 3.8) is 0 Å². The highest BCUT2D eigenvalue weighted by Crippen LogP contribution is 2.37. The second kappa shape index (κ2) is 9.95. The summed E-state index contributed by atoms with van der Waals surface area (Å²) in [5.41, 5.74) is 2.81. The summed E-state index contributed by atoms with van der Waals surface area (Å²) in [6, 6.07) is 20.2. The molecule has 0 fully saturated rings. The number of amides is 1. The summed E-state index contributed by atoms with van der Waals surface area (Å²) in [5, 5.41) is 4.20. The standard InChI is InChI=1S/C29H20ClF4N3O/c1-17(19-7-13-27(35-15-19)29(32,33)34)36-28(38)18-6-12-23-24(22-4-2-3-5-25(22)30)16-37(26(23)14-18)21-10-8-20(31)9-11-21/h2-17H,1H3,(H,36,38). The number of nitrogens with one attached hydrogen (secondary N) is 1. The summed E-state index contributed by atoms with van der Waals surface area (Å²) in [5.74, 6) is -0.784. The lowest BCUT2D eigenvalue weighted by molar-refractivity contribution is -0.141. The molecule has 0 spiro atoms. The van der Waals surface area contributed by atoms with Gasteiger partial charge in [-0.1, -0.05) is 41.9 Å². The number of carbonyl (C=O) groups excluding carboxylic acids is 1. The molecule has 192 valence electrons. The van der Waals surface area contributed by atoms with E-state index in [1.54, 1.807) is 37.3 Å². The zero-order valence-corrected chi connectivity index (χ0v) is 20.7. The minimum Gasteiger partial charge on any atom is -0.345 e. The van der Waals surface area contributed by atoms with Crippen LogP contribution in [0.5, 0.6) is 0 Å². The Kier molecular flexibility index (Phi) is 6.67. The summed E-state index contributed by atoms with van der Waals surface area (Å²) in [4.78, 5) is 16.6. The van der Waals surface area contributed by atoms with Crippen LogP contribution in [0.25, 0.3) is 27.7 Å². The first-order valence-electron chi connectivity index (χ1n) is 11.6. The summed E-state index contributed by atoms with van der Waals surface area (Å²) in [6.45, 7) is 1.66. The zero-order valence-electron chi connectivity index (χ0n) is 19.9. The number of alkyl halides is 3. The molecule has 1 unspecified atom stereocenters. The van der Waals surface area contributed by atoms with Crippen LogP contribution in [0.15, 0.2) is 91.3 Å². The molecule has 2 aromatic heterocycles. The maximum atomic E-state index is 13.6. The third-order valence-corrected chi connectivity index (χ3v) is 6.59. The molecule has 0 saturated heterocycles. The third kappa shape index (κ3) is 4.99. The van der Waals surface area contributed by atoms with Crippen molar-refractivity contribution in [2.45, 2.75) is 19.1 Å². The molecular formula is C29H20ClF4N3O. The van der Waals surface area contributed by atoms with Crippen molar-refractivity contribution in [3.8, 4) is 16.8 Å². The van der Waals surface area contributed by atoms with Gasteiger partial charge in [0.15, 0.2) is 0 Å². The van der Waals surface area contributed by atoms with Gasteiger partial charge in [0.05, 0.1) is 11.6 Å². The number of halogens is 5. The normalized spacial score (nSPS) is 12.5. The second-order valence-corrected chi connectivity index (χ2v) is 9.18. The van der Waals surface area contributed by atoms with Gasteiger partial charge < -0.3 is 9.88 Å². The monoisotopic (exact) mass is 537 g/mol. The van der Waals surface area contributed by atoms with Crippen LogP contribution in [0.2, 0.25) is 5.02 Å². The van der Waals surface area contributed by atoms with Crippen LogP contribution in [-0.2, 0) is 6.18 Å². The fraction of sp³-hybridized carbons (Fsp3) is 0.103. The van der Waals surface area contributed by atoms with Gasteiger partial charge in [-0.05, 0) is 61.0 Å². The van der Waals surface area contributed by atoms with Crippen molar-refractivity contribution in [3.05, 3.63) is 119 Å². The summed E-state index contributed by atoms with van der Waals surface area (Å²) in [7, 11) is 0. The van der Waals surface area contributed by atoms with Crippen molar-refractivity contribution >= 4 is 28.4 Å². The molecule has 1 amide bonds. The molecule has 38 heavy (non-hydrogen) atoms. The summed E-state index contributed by atoms with van der Waals surface area (Å²) >= 11 is 6.48. The number of aromatic nitrogens is 2. The maximum absolute atomic E-state index is 13.6. The number of carbonyl (C=O) groups is 1. The predicted octanol–water partition coefficient (Wildman–Crippen LogP) is 7.99. The number of rotatable bonds is 5. The summed E-state index contributed by atoms with van der Waals surface area (Å²) in [6.07, 6.45) is -1.55. The molecule has 0 saturated carbocycles. The van der Waals surface area contributed by atoms with Crippen molar-refractivity contribution in [1.29, 1.82) is 0 Å². The van der Waals surface area contributed by atoms with E-state index >= 15 is 0 Å². The molecule has 0 bridgehead atoms. The lowest BCUT2D eigenvalue weighted by atomic mass is 10.0. The van der Waals surface area contributed by atoms with E-state index in [2.05, 4.69) is 10.3 Å². The fourth-order valence-electron chi connectivity index (χ4n) is 4.27. The van der Waals surface area contributed by atoms with Crippen molar-refractivity contribution in [2.24, 2.45) is 0 Å². The van der Waals surface area contributed by atoms with E-state index < -0.39 is 23.8 Å². The first-order valence-corrected chi connectivity index (χ1v) is 12.0. The van der Waals surface area contributed by atoms with E-state index in [0.29, 0.717) is 27.4 Å². The second-order valence-electron chi connectivity index (χ2n) is 8.77. The lowest BCUT2D eigenvalue weighted by Gasteiger charge is -2.15. The first kappa shape index (κ1) is 25.5. The molecule has 1 N–H and O–H groups in total. The number of benzene rings is 3. The van der Waals surface area contributed by atoms with Gasteiger partial charge in [-0.15, -0.1) is 0 Å². The minimum absolute atomic E-state index is 0.344. The topological polar surface area (TPSA) is 46.9 Å². The molecule has 0 radical (unpaired) electrons. The van der Waals surface area contributed by atoms with Gasteiger partial charge in [0, 0.05) is 45.2 Å². The predicted molar refractivity (Wildman–Crippen MR) is 139 cm³/mol. The van der Waals surface area contributed by atoms with Gasteiger partial charge in [0.2, 0.25) is 0 Å². The quantitative estimate of drug-likeness (QED) is 0.231. The van der Waals surface area contributed by atoms with Gasteiger partial charge in [-0.2, -0.15) is 13.2 Å². The molecule has 0 aliphatic heterocycles.